The minimum atomic E-state index is -0.637. The second kappa shape index (κ2) is 4.42. The Morgan fingerprint density at radius 3 is 2.33 bits per heavy atom. The molecule has 0 bridgehead atoms. The van der Waals surface area contributed by atoms with Crippen molar-refractivity contribution in [3.8, 4) is 0 Å². The second-order valence-electron chi connectivity index (χ2n) is 5.78. The molecule has 2 heteroatoms. The normalized spacial score (nSPS) is 21.6. The van der Waals surface area contributed by atoms with Crippen LogP contribution in [0.1, 0.15) is 55.2 Å². The molecule has 1 saturated carbocycles. The van der Waals surface area contributed by atoms with Crippen molar-refractivity contribution < 1.29 is 9.90 Å². The third kappa shape index (κ3) is 1.75. The summed E-state index contributed by atoms with van der Waals surface area (Å²) < 4.78 is 0. The number of fused-ring (bicyclic) bond motifs is 1. The Hall–Kier alpha value is -1.31. The Labute approximate surface area is 108 Å². The Balaban J connectivity index is 1.98. The number of rotatable bonds is 2. The highest BCUT2D eigenvalue weighted by atomic mass is 16.4. The van der Waals surface area contributed by atoms with Crippen LogP contribution in [0.3, 0.4) is 0 Å². The summed E-state index contributed by atoms with van der Waals surface area (Å²) in [5.74, 6) is -0.637. The Bertz CT molecular complexity index is 472. The Kier molecular flexibility index (Phi) is 2.89. The number of aliphatic carboxylic acids is 1. The van der Waals surface area contributed by atoms with Crippen molar-refractivity contribution in [1.29, 1.82) is 0 Å². The average molecular weight is 244 g/mol. The van der Waals surface area contributed by atoms with Gasteiger partial charge in [-0.2, -0.15) is 0 Å². The zero-order valence-electron chi connectivity index (χ0n) is 10.7. The van der Waals surface area contributed by atoms with Crippen LogP contribution in [-0.2, 0) is 23.1 Å². The summed E-state index contributed by atoms with van der Waals surface area (Å²) >= 11 is 0. The monoisotopic (exact) mass is 244 g/mol. The summed E-state index contributed by atoms with van der Waals surface area (Å²) in [5.41, 5.74) is 3.32. The van der Waals surface area contributed by atoms with Gasteiger partial charge >= 0.3 is 5.97 Å². The van der Waals surface area contributed by atoms with Crippen molar-refractivity contribution in [3.05, 3.63) is 34.9 Å². The van der Waals surface area contributed by atoms with Gasteiger partial charge in [0.2, 0.25) is 0 Å². The van der Waals surface area contributed by atoms with E-state index in [1.807, 2.05) is 0 Å². The molecule has 1 aromatic carbocycles. The number of carboxylic acid groups (broad SMARTS) is 1. The van der Waals surface area contributed by atoms with E-state index in [0.717, 1.165) is 37.7 Å². The Morgan fingerprint density at radius 1 is 1.00 bits per heavy atom. The lowest BCUT2D eigenvalue weighted by Crippen LogP contribution is -2.42. The predicted octanol–water partition coefficient (Wildman–Crippen LogP) is 3.46. The van der Waals surface area contributed by atoms with Crippen LogP contribution >= 0.6 is 0 Å². The molecule has 1 aromatic rings. The molecule has 0 atom stereocenters. The summed E-state index contributed by atoms with van der Waals surface area (Å²) in [4.78, 5) is 11.5. The number of carbonyl (C=O) groups is 1. The molecule has 1 N–H and O–H groups in total. The molecule has 2 nitrogen and oxygen atoms in total. The van der Waals surface area contributed by atoms with Gasteiger partial charge in [0.05, 0.1) is 5.41 Å². The van der Waals surface area contributed by atoms with E-state index in [2.05, 4.69) is 18.2 Å². The minimum absolute atomic E-state index is 0.568. The number of hydrogen-bond donors (Lipinski definition) is 1. The average Bonchev–Trinajstić information content (AvgIpc) is 2.51. The van der Waals surface area contributed by atoms with Gasteiger partial charge in [-0.25, -0.2) is 0 Å². The fourth-order valence-corrected chi connectivity index (χ4v) is 3.36. The van der Waals surface area contributed by atoms with Gasteiger partial charge < -0.3 is 5.11 Å². The van der Waals surface area contributed by atoms with E-state index in [1.54, 1.807) is 0 Å². The quantitative estimate of drug-likeness (QED) is 0.809. The minimum Gasteiger partial charge on any atom is -0.481 e. The summed E-state index contributed by atoms with van der Waals surface area (Å²) in [5, 5.41) is 9.50. The van der Waals surface area contributed by atoms with Gasteiger partial charge in [0.15, 0.2) is 0 Å². The molecule has 2 aliphatic rings. The van der Waals surface area contributed by atoms with Crippen LogP contribution in [0.25, 0.3) is 0 Å². The van der Waals surface area contributed by atoms with Crippen LogP contribution in [0.2, 0.25) is 0 Å². The zero-order valence-corrected chi connectivity index (χ0v) is 10.7. The number of carboxylic acids is 1. The largest absolute Gasteiger partial charge is 0.481 e. The van der Waals surface area contributed by atoms with Crippen molar-refractivity contribution in [2.24, 2.45) is 0 Å². The molecule has 0 radical (unpaired) electrons. The van der Waals surface area contributed by atoms with Gasteiger partial charge in [0, 0.05) is 0 Å². The van der Waals surface area contributed by atoms with Crippen LogP contribution < -0.4 is 0 Å². The van der Waals surface area contributed by atoms with E-state index in [4.69, 9.17) is 0 Å². The van der Waals surface area contributed by atoms with Crippen molar-refractivity contribution in [2.45, 2.75) is 56.8 Å². The number of hydrogen-bond acceptors (Lipinski definition) is 1. The van der Waals surface area contributed by atoms with Crippen molar-refractivity contribution in [2.75, 3.05) is 0 Å². The fraction of sp³-hybridized carbons (Fsp3) is 0.562. The molecule has 3 rings (SSSR count). The van der Waals surface area contributed by atoms with Gasteiger partial charge in [0.25, 0.3) is 0 Å². The van der Waals surface area contributed by atoms with Gasteiger partial charge in [-0.05, 0) is 55.2 Å². The lowest BCUT2D eigenvalue weighted by atomic mass is 9.64. The van der Waals surface area contributed by atoms with Gasteiger partial charge in [-0.1, -0.05) is 31.0 Å². The molecule has 0 heterocycles. The van der Waals surface area contributed by atoms with Crippen LogP contribution in [0.5, 0.6) is 0 Å². The van der Waals surface area contributed by atoms with Crippen LogP contribution in [0.15, 0.2) is 18.2 Å². The maximum absolute atomic E-state index is 11.5. The number of aryl methyl sites for hydroxylation is 2. The van der Waals surface area contributed by atoms with E-state index in [0.29, 0.717) is 0 Å². The zero-order chi connectivity index (χ0) is 12.6. The van der Waals surface area contributed by atoms with E-state index in [1.165, 1.54) is 30.4 Å². The molecule has 0 amide bonds. The Morgan fingerprint density at radius 2 is 1.72 bits per heavy atom. The van der Waals surface area contributed by atoms with Crippen molar-refractivity contribution in [1.82, 2.24) is 0 Å². The van der Waals surface area contributed by atoms with Gasteiger partial charge in [-0.3, -0.25) is 4.79 Å². The lowest BCUT2D eigenvalue weighted by Gasteiger charge is -2.38. The molecule has 0 spiro atoms. The van der Waals surface area contributed by atoms with E-state index in [9.17, 15) is 9.90 Å². The van der Waals surface area contributed by atoms with Crippen LogP contribution in [0.4, 0.5) is 0 Å². The van der Waals surface area contributed by atoms with E-state index >= 15 is 0 Å². The molecule has 96 valence electrons. The molecule has 2 aliphatic carbocycles. The van der Waals surface area contributed by atoms with E-state index in [-0.39, 0.29) is 0 Å². The highest BCUT2D eigenvalue weighted by Crippen LogP contribution is 2.44. The standard InChI is InChI=1S/C16H20O2/c17-15(18)16(9-4-10-16)14-8-7-12-5-2-1-3-6-13(12)11-14/h7-8,11H,1-6,9-10H2,(H,17,18). The molecular weight excluding hydrogens is 224 g/mol. The third-order valence-corrected chi connectivity index (χ3v) is 4.77. The van der Waals surface area contributed by atoms with Gasteiger partial charge in [0.1, 0.15) is 0 Å². The SMILES string of the molecule is O=C(O)C1(c2ccc3c(c2)CCCCC3)CCC1. The summed E-state index contributed by atoms with van der Waals surface area (Å²) in [6, 6.07) is 6.43. The second-order valence-corrected chi connectivity index (χ2v) is 5.78. The molecule has 18 heavy (non-hydrogen) atoms. The molecular formula is C16H20O2. The van der Waals surface area contributed by atoms with E-state index < -0.39 is 11.4 Å². The highest BCUT2D eigenvalue weighted by molar-refractivity contribution is 5.82. The predicted molar refractivity (Wildman–Crippen MR) is 70.9 cm³/mol. The third-order valence-electron chi connectivity index (χ3n) is 4.77. The first-order valence-electron chi connectivity index (χ1n) is 7.08. The molecule has 0 aromatic heterocycles. The maximum atomic E-state index is 11.5. The summed E-state index contributed by atoms with van der Waals surface area (Å²) in [6.07, 6.45) is 8.77. The number of benzene rings is 1. The first-order chi connectivity index (χ1) is 8.72. The van der Waals surface area contributed by atoms with Crippen molar-refractivity contribution >= 4 is 5.97 Å². The highest BCUT2D eigenvalue weighted by Gasteiger charge is 2.46. The lowest BCUT2D eigenvalue weighted by molar-refractivity contribution is -0.147. The fourth-order valence-electron chi connectivity index (χ4n) is 3.36. The molecule has 0 unspecified atom stereocenters. The first kappa shape index (κ1) is 11.8. The summed E-state index contributed by atoms with van der Waals surface area (Å²) in [6.45, 7) is 0. The smallest absolute Gasteiger partial charge is 0.314 e. The molecule has 0 aliphatic heterocycles. The molecule has 1 fully saturated rings. The topological polar surface area (TPSA) is 37.3 Å². The maximum Gasteiger partial charge on any atom is 0.314 e. The van der Waals surface area contributed by atoms with Gasteiger partial charge in [-0.15, -0.1) is 0 Å². The van der Waals surface area contributed by atoms with Crippen molar-refractivity contribution in [3.63, 3.8) is 0 Å². The summed E-state index contributed by atoms with van der Waals surface area (Å²) in [7, 11) is 0. The van der Waals surface area contributed by atoms with Crippen LogP contribution in [-0.4, -0.2) is 11.1 Å². The first-order valence-corrected chi connectivity index (χ1v) is 7.08. The van der Waals surface area contributed by atoms with Crippen LogP contribution in [0, 0.1) is 0 Å². The molecule has 0 saturated heterocycles.